The predicted molar refractivity (Wildman–Crippen MR) is 126 cm³/mol. The van der Waals surface area contributed by atoms with Crippen LogP contribution in [-0.2, 0) is 16.1 Å². The molecule has 4 rings (SSSR count). The van der Waals surface area contributed by atoms with Gasteiger partial charge in [-0.2, -0.15) is 0 Å². The lowest BCUT2D eigenvalue weighted by Gasteiger charge is -2.15. The molecule has 2 aromatic heterocycles. The molecule has 0 radical (unpaired) electrons. The number of ether oxygens (including phenoxy) is 1. The number of fused-ring (bicyclic) bond motifs is 1. The molecule has 33 heavy (non-hydrogen) atoms. The second-order valence-corrected chi connectivity index (χ2v) is 8.41. The van der Waals surface area contributed by atoms with E-state index in [0.29, 0.717) is 49.5 Å². The van der Waals surface area contributed by atoms with E-state index in [-0.39, 0.29) is 23.5 Å². The van der Waals surface area contributed by atoms with Crippen LogP contribution < -0.4 is 11.4 Å². The molecule has 3 aromatic rings. The second-order valence-electron chi connectivity index (χ2n) is 8.41. The number of hydrogen-bond donors (Lipinski definition) is 1. The van der Waals surface area contributed by atoms with Crippen molar-refractivity contribution in [2.75, 3.05) is 46.6 Å². The molecule has 1 aliphatic heterocycles. The fourth-order valence-electron chi connectivity index (χ4n) is 4.21. The number of imidazole rings is 1. The first-order valence-corrected chi connectivity index (χ1v) is 10.8. The molecule has 0 saturated carbocycles. The molecule has 2 N–H and O–H groups in total. The number of rotatable bonds is 7. The van der Waals surface area contributed by atoms with Gasteiger partial charge in [0.15, 0.2) is 11.5 Å². The van der Waals surface area contributed by atoms with Gasteiger partial charge in [0.05, 0.1) is 18.3 Å². The lowest BCUT2D eigenvalue weighted by molar-refractivity contribution is -0.125. The SMILES string of the molecule is COCc1cccc(-n2c(=O)n(C3CCN(C(=O)/C=C/CN(C)C)C3)c3ncnc(N)c32)c1. The van der Waals surface area contributed by atoms with Crippen molar-refractivity contribution in [3.8, 4) is 5.69 Å². The van der Waals surface area contributed by atoms with Gasteiger partial charge in [-0.1, -0.05) is 18.2 Å². The number of likely N-dealkylation sites (tertiary alicyclic amines) is 1. The molecule has 174 valence electrons. The number of nitrogens with two attached hydrogens (primary N) is 1. The second kappa shape index (κ2) is 9.55. The van der Waals surface area contributed by atoms with Crippen molar-refractivity contribution in [1.29, 1.82) is 0 Å². The van der Waals surface area contributed by atoms with Crippen LogP contribution in [0.5, 0.6) is 0 Å². The molecule has 1 unspecified atom stereocenters. The molecule has 1 amide bonds. The van der Waals surface area contributed by atoms with Crippen LogP contribution in [0.2, 0.25) is 0 Å². The minimum atomic E-state index is -0.255. The molecule has 10 nitrogen and oxygen atoms in total. The number of likely N-dealkylation sites (N-methyl/N-ethyl adjacent to an activating group) is 1. The van der Waals surface area contributed by atoms with Crippen molar-refractivity contribution >= 4 is 22.9 Å². The molecule has 0 aliphatic carbocycles. The zero-order valence-electron chi connectivity index (χ0n) is 19.1. The molecule has 0 spiro atoms. The van der Waals surface area contributed by atoms with Gasteiger partial charge in [0.1, 0.15) is 11.8 Å². The van der Waals surface area contributed by atoms with Crippen molar-refractivity contribution in [3.05, 3.63) is 58.8 Å². The highest BCUT2D eigenvalue weighted by Gasteiger charge is 2.31. The Balaban J connectivity index is 1.72. The third-order valence-corrected chi connectivity index (χ3v) is 5.73. The fraction of sp³-hybridized carbons (Fsp3) is 0.391. The van der Waals surface area contributed by atoms with Gasteiger partial charge in [-0.3, -0.25) is 13.9 Å². The van der Waals surface area contributed by atoms with Gasteiger partial charge < -0.3 is 20.3 Å². The van der Waals surface area contributed by atoms with Gasteiger partial charge in [-0.25, -0.2) is 14.8 Å². The first-order chi connectivity index (χ1) is 15.9. The number of hydrogen-bond acceptors (Lipinski definition) is 7. The zero-order valence-corrected chi connectivity index (χ0v) is 19.1. The Labute approximate surface area is 191 Å². The summed E-state index contributed by atoms with van der Waals surface area (Å²) >= 11 is 0. The number of amides is 1. The molecule has 1 aliphatic rings. The minimum absolute atomic E-state index is 0.0578. The highest BCUT2D eigenvalue weighted by molar-refractivity contribution is 5.88. The quantitative estimate of drug-likeness (QED) is 0.537. The van der Waals surface area contributed by atoms with Crippen molar-refractivity contribution in [1.82, 2.24) is 28.9 Å². The van der Waals surface area contributed by atoms with Crippen LogP contribution in [0.15, 0.2) is 47.5 Å². The number of aromatic nitrogens is 4. The maximum atomic E-state index is 13.7. The molecule has 10 heteroatoms. The molecule has 1 fully saturated rings. The summed E-state index contributed by atoms with van der Waals surface area (Å²) < 4.78 is 8.43. The van der Waals surface area contributed by atoms with E-state index in [2.05, 4.69) is 9.97 Å². The van der Waals surface area contributed by atoms with E-state index in [1.165, 1.54) is 6.33 Å². The number of nitrogens with zero attached hydrogens (tertiary/aromatic N) is 6. The number of nitrogen functional groups attached to an aromatic ring is 1. The van der Waals surface area contributed by atoms with Crippen LogP contribution in [0.25, 0.3) is 16.9 Å². The normalized spacial score (nSPS) is 16.5. The summed E-state index contributed by atoms with van der Waals surface area (Å²) in [5.74, 6) is 0.170. The highest BCUT2D eigenvalue weighted by atomic mass is 16.5. The maximum Gasteiger partial charge on any atom is 0.335 e. The smallest absolute Gasteiger partial charge is 0.335 e. The highest BCUT2D eigenvalue weighted by Crippen LogP contribution is 2.27. The van der Waals surface area contributed by atoms with Gasteiger partial charge in [0, 0.05) is 32.8 Å². The lowest BCUT2D eigenvalue weighted by atomic mass is 10.2. The van der Waals surface area contributed by atoms with E-state index in [1.807, 2.05) is 49.3 Å². The number of methoxy groups -OCH3 is 1. The van der Waals surface area contributed by atoms with Gasteiger partial charge in [-0.05, 0) is 38.2 Å². The Kier molecular flexibility index (Phi) is 6.57. The van der Waals surface area contributed by atoms with E-state index in [9.17, 15) is 9.59 Å². The maximum absolute atomic E-state index is 13.7. The summed E-state index contributed by atoms with van der Waals surface area (Å²) in [6.45, 7) is 2.11. The van der Waals surface area contributed by atoms with Crippen molar-refractivity contribution in [3.63, 3.8) is 0 Å². The first-order valence-electron chi connectivity index (χ1n) is 10.8. The minimum Gasteiger partial charge on any atom is -0.382 e. The summed E-state index contributed by atoms with van der Waals surface area (Å²) in [7, 11) is 5.52. The fourth-order valence-corrected chi connectivity index (χ4v) is 4.21. The Morgan fingerprint density at radius 3 is 2.91 bits per heavy atom. The summed E-state index contributed by atoms with van der Waals surface area (Å²) in [4.78, 5) is 38.5. The zero-order chi connectivity index (χ0) is 23.5. The molecule has 1 atom stereocenters. The van der Waals surface area contributed by atoms with E-state index in [0.717, 1.165) is 5.56 Å². The van der Waals surface area contributed by atoms with Crippen LogP contribution in [0.1, 0.15) is 18.0 Å². The van der Waals surface area contributed by atoms with Gasteiger partial charge in [0.2, 0.25) is 5.91 Å². The Morgan fingerprint density at radius 1 is 1.33 bits per heavy atom. The largest absolute Gasteiger partial charge is 0.382 e. The van der Waals surface area contributed by atoms with Crippen LogP contribution in [0.4, 0.5) is 5.82 Å². The average Bonchev–Trinajstić information content (AvgIpc) is 3.37. The summed E-state index contributed by atoms with van der Waals surface area (Å²) in [6.07, 6.45) is 5.45. The summed E-state index contributed by atoms with van der Waals surface area (Å²) in [5, 5.41) is 0. The van der Waals surface area contributed by atoms with Crippen LogP contribution in [0.3, 0.4) is 0 Å². The summed E-state index contributed by atoms with van der Waals surface area (Å²) in [5.41, 5.74) is 8.47. The standard InChI is InChI=1S/C23H29N7O3/c1-27(2)10-5-8-19(31)28-11-9-18(13-28)30-22-20(21(24)25-15-26-22)29(23(30)32)17-7-4-6-16(12-17)14-33-3/h4-8,12,15,18H,9-11,13-14H2,1-3H3,(H2,24,25,26)/b8-5+. The van der Waals surface area contributed by atoms with Crippen molar-refractivity contribution < 1.29 is 9.53 Å². The Hall–Kier alpha value is -3.50. The van der Waals surface area contributed by atoms with E-state index >= 15 is 0 Å². The molecular weight excluding hydrogens is 422 g/mol. The van der Waals surface area contributed by atoms with Gasteiger partial charge in [0.25, 0.3) is 0 Å². The average molecular weight is 452 g/mol. The summed E-state index contributed by atoms with van der Waals surface area (Å²) in [6, 6.07) is 7.33. The topological polar surface area (TPSA) is 112 Å². The van der Waals surface area contributed by atoms with E-state index < -0.39 is 0 Å². The molecule has 1 aromatic carbocycles. The van der Waals surface area contributed by atoms with Crippen LogP contribution in [-0.4, -0.2) is 75.6 Å². The monoisotopic (exact) mass is 451 g/mol. The van der Waals surface area contributed by atoms with Crippen molar-refractivity contribution in [2.24, 2.45) is 0 Å². The third-order valence-electron chi connectivity index (χ3n) is 5.73. The number of benzene rings is 1. The lowest BCUT2D eigenvalue weighted by Crippen LogP contribution is -2.31. The molecule has 1 saturated heterocycles. The Morgan fingerprint density at radius 2 is 2.15 bits per heavy atom. The molecular formula is C23H29N7O3. The van der Waals surface area contributed by atoms with Crippen molar-refractivity contribution in [2.45, 2.75) is 19.1 Å². The van der Waals surface area contributed by atoms with E-state index in [1.54, 1.807) is 27.2 Å². The molecule has 3 heterocycles. The first kappa shape index (κ1) is 22.7. The van der Waals surface area contributed by atoms with Gasteiger partial charge >= 0.3 is 5.69 Å². The number of anilines is 1. The number of carbonyl (C=O) groups excluding carboxylic acids is 1. The van der Waals surface area contributed by atoms with Crippen LogP contribution in [0, 0.1) is 0 Å². The third kappa shape index (κ3) is 4.53. The van der Waals surface area contributed by atoms with E-state index in [4.69, 9.17) is 10.5 Å². The molecule has 0 bridgehead atoms. The predicted octanol–water partition coefficient (Wildman–Crippen LogP) is 1.20. The number of carbonyl (C=O) groups is 1. The van der Waals surface area contributed by atoms with Crippen LogP contribution >= 0.6 is 0 Å². The van der Waals surface area contributed by atoms with Gasteiger partial charge in [-0.15, -0.1) is 0 Å². The Bertz CT molecular complexity index is 1240.